The van der Waals surface area contributed by atoms with Gasteiger partial charge in [-0.1, -0.05) is 22.0 Å². The smallest absolute Gasteiger partial charge is 0.102 e. The van der Waals surface area contributed by atoms with Gasteiger partial charge in [-0.05, 0) is 26.0 Å². The van der Waals surface area contributed by atoms with Crippen LogP contribution in [-0.2, 0) is 6.54 Å². The van der Waals surface area contributed by atoms with E-state index in [1.54, 1.807) is 29.4 Å². The molecule has 0 saturated heterocycles. The molecule has 0 fully saturated rings. The summed E-state index contributed by atoms with van der Waals surface area (Å²) >= 11 is 3.52. The van der Waals surface area contributed by atoms with Gasteiger partial charge in [0, 0.05) is 16.1 Å². The molecule has 3 aromatic rings. The Hall–Kier alpha value is -1.66. The predicted molar refractivity (Wildman–Crippen MR) is 80.9 cm³/mol. The van der Waals surface area contributed by atoms with Crippen LogP contribution in [-0.4, -0.2) is 30.3 Å². The van der Waals surface area contributed by atoms with E-state index < -0.39 is 5.60 Å². The number of rotatable bonds is 3. The number of halogens is 1. The number of fused-ring (bicyclic) bond motifs is 1. The summed E-state index contributed by atoms with van der Waals surface area (Å²) in [5.74, 6) is 0. The molecule has 0 radical (unpaired) electrons. The van der Waals surface area contributed by atoms with Crippen LogP contribution in [0.3, 0.4) is 0 Å². The first-order chi connectivity index (χ1) is 9.42. The Kier molecular flexibility index (Phi) is 3.14. The van der Waals surface area contributed by atoms with Crippen LogP contribution in [0, 0.1) is 0 Å². The molecule has 0 bridgehead atoms. The van der Waals surface area contributed by atoms with Gasteiger partial charge in [-0.15, -0.1) is 0 Å². The van der Waals surface area contributed by atoms with Gasteiger partial charge >= 0.3 is 0 Å². The first kappa shape index (κ1) is 13.3. The van der Waals surface area contributed by atoms with E-state index >= 15 is 0 Å². The summed E-state index contributed by atoms with van der Waals surface area (Å²) in [6.45, 7) is 3.96. The molecule has 0 aliphatic carbocycles. The van der Waals surface area contributed by atoms with E-state index in [2.05, 4.69) is 26.1 Å². The van der Waals surface area contributed by atoms with Crippen molar-refractivity contribution in [1.82, 2.24) is 19.6 Å². The molecule has 2 aromatic heterocycles. The first-order valence-electron chi connectivity index (χ1n) is 6.31. The average molecular weight is 335 g/mol. The van der Waals surface area contributed by atoms with E-state index in [9.17, 15) is 5.11 Å². The fraction of sp³-hybridized carbons (Fsp3) is 0.286. The minimum Gasteiger partial charge on any atom is -0.389 e. The van der Waals surface area contributed by atoms with Crippen LogP contribution < -0.4 is 0 Å². The summed E-state index contributed by atoms with van der Waals surface area (Å²) in [5.41, 5.74) is 1.01. The van der Waals surface area contributed by atoms with Crippen LogP contribution in [0.5, 0.6) is 0 Å². The molecular formula is C14H15BrN4O. The van der Waals surface area contributed by atoms with Gasteiger partial charge in [0.25, 0.3) is 0 Å². The topological polar surface area (TPSA) is 55.9 Å². The minimum atomic E-state index is -0.791. The predicted octanol–water partition coefficient (Wildman–Crippen LogP) is 2.76. The van der Waals surface area contributed by atoms with Crippen molar-refractivity contribution in [2.45, 2.75) is 26.0 Å². The standard InChI is InChI=1S/C14H15BrN4O/c1-14(2,20)9-18-7-10(6-16-18)19-8-11-12(15)4-3-5-13(11)17-19/h3-8,20H,9H2,1-2H3. The molecule has 6 heteroatoms. The van der Waals surface area contributed by atoms with E-state index in [1.807, 2.05) is 30.6 Å². The maximum absolute atomic E-state index is 9.81. The normalized spacial score (nSPS) is 12.2. The third kappa shape index (κ3) is 2.62. The SMILES string of the molecule is CC(C)(O)Cn1cc(-n2cc3c(Br)cccc3n2)cn1. The molecule has 0 spiro atoms. The average Bonchev–Trinajstić information content (AvgIpc) is 2.93. The lowest BCUT2D eigenvalue weighted by Crippen LogP contribution is -2.26. The number of aromatic nitrogens is 4. The fourth-order valence-corrected chi connectivity index (χ4v) is 2.55. The van der Waals surface area contributed by atoms with Crippen LogP contribution >= 0.6 is 15.9 Å². The van der Waals surface area contributed by atoms with Gasteiger partial charge in [-0.3, -0.25) is 4.68 Å². The molecule has 0 aliphatic rings. The Labute approximate surface area is 125 Å². The van der Waals surface area contributed by atoms with Gasteiger partial charge in [-0.2, -0.15) is 10.2 Å². The second kappa shape index (κ2) is 4.71. The molecule has 20 heavy (non-hydrogen) atoms. The van der Waals surface area contributed by atoms with Gasteiger partial charge in [0.2, 0.25) is 0 Å². The minimum absolute atomic E-state index is 0.442. The molecule has 2 heterocycles. The molecule has 0 aliphatic heterocycles. The molecule has 0 saturated carbocycles. The summed E-state index contributed by atoms with van der Waals surface area (Å²) in [7, 11) is 0. The van der Waals surface area contributed by atoms with Crippen molar-refractivity contribution in [3.05, 3.63) is 41.3 Å². The Bertz CT molecular complexity index is 754. The maximum Gasteiger partial charge on any atom is 0.102 e. The molecule has 1 N–H and O–H groups in total. The van der Waals surface area contributed by atoms with Gasteiger partial charge in [0.15, 0.2) is 0 Å². The monoisotopic (exact) mass is 334 g/mol. The van der Waals surface area contributed by atoms with Crippen LogP contribution in [0.15, 0.2) is 41.3 Å². The van der Waals surface area contributed by atoms with Crippen molar-refractivity contribution >= 4 is 26.8 Å². The van der Waals surface area contributed by atoms with E-state index in [-0.39, 0.29) is 0 Å². The van der Waals surface area contributed by atoms with Gasteiger partial charge in [0.1, 0.15) is 5.69 Å². The summed E-state index contributed by atoms with van der Waals surface area (Å²) in [6.07, 6.45) is 5.58. The number of hydrogen-bond acceptors (Lipinski definition) is 3. The summed E-state index contributed by atoms with van der Waals surface area (Å²) < 4.78 is 4.53. The van der Waals surface area contributed by atoms with Crippen molar-refractivity contribution < 1.29 is 5.11 Å². The second-order valence-corrected chi connectivity index (χ2v) is 6.31. The molecule has 3 rings (SSSR count). The molecule has 0 atom stereocenters. The molecule has 5 nitrogen and oxygen atoms in total. The molecule has 1 aromatic carbocycles. The number of benzene rings is 1. The second-order valence-electron chi connectivity index (χ2n) is 5.45. The highest BCUT2D eigenvalue weighted by molar-refractivity contribution is 9.10. The van der Waals surface area contributed by atoms with Gasteiger partial charge in [-0.25, -0.2) is 4.68 Å². The van der Waals surface area contributed by atoms with Gasteiger partial charge in [0.05, 0.1) is 30.1 Å². The summed E-state index contributed by atoms with van der Waals surface area (Å²) in [6, 6.07) is 5.92. The third-order valence-electron chi connectivity index (χ3n) is 2.93. The Morgan fingerprint density at radius 2 is 2.10 bits per heavy atom. The zero-order chi connectivity index (χ0) is 14.3. The van der Waals surface area contributed by atoms with Crippen molar-refractivity contribution in [2.75, 3.05) is 0 Å². The quantitative estimate of drug-likeness (QED) is 0.801. The Morgan fingerprint density at radius 3 is 2.80 bits per heavy atom. The Morgan fingerprint density at radius 1 is 1.30 bits per heavy atom. The van der Waals surface area contributed by atoms with Crippen LogP contribution in [0.4, 0.5) is 0 Å². The Balaban J connectivity index is 1.97. The first-order valence-corrected chi connectivity index (χ1v) is 7.11. The van der Waals surface area contributed by atoms with Crippen LogP contribution in [0.1, 0.15) is 13.8 Å². The van der Waals surface area contributed by atoms with E-state index in [0.717, 1.165) is 21.1 Å². The lowest BCUT2D eigenvalue weighted by molar-refractivity contribution is 0.0577. The molecule has 0 unspecified atom stereocenters. The zero-order valence-electron chi connectivity index (χ0n) is 11.3. The van der Waals surface area contributed by atoms with Gasteiger partial charge < -0.3 is 5.11 Å². The zero-order valence-corrected chi connectivity index (χ0v) is 12.9. The van der Waals surface area contributed by atoms with E-state index in [1.165, 1.54) is 0 Å². The highest BCUT2D eigenvalue weighted by Crippen LogP contribution is 2.23. The van der Waals surface area contributed by atoms with E-state index in [4.69, 9.17) is 0 Å². The van der Waals surface area contributed by atoms with Crippen LogP contribution in [0.2, 0.25) is 0 Å². The van der Waals surface area contributed by atoms with E-state index in [0.29, 0.717) is 6.54 Å². The fourth-order valence-electron chi connectivity index (χ4n) is 2.09. The van der Waals surface area contributed by atoms with Crippen molar-refractivity contribution in [3.63, 3.8) is 0 Å². The largest absolute Gasteiger partial charge is 0.389 e. The lowest BCUT2D eigenvalue weighted by atomic mass is 10.1. The highest BCUT2D eigenvalue weighted by atomic mass is 79.9. The molecule has 104 valence electrons. The number of aliphatic hydroxyl groups is 1. The number of nitrogens with zero attached hydrogens (tertiary/aromatic N) is 4. The van der Waals surface area contributed by atoms with Crippen molar-refractivity contribution in [3.8, 4) is 5.69 Å². The number of hydrogen-bond donors (Lipinski definition) is 1. The summed E-state index contributed by atoms with van der Waals surface area (Å²) in [5, 5.41) is 19.6. The lowest BCUT2D eigenvalue weighted by Gasteiger charge is -2.16. The molecular weight excluding hydrogens is 320 g/mol. The third-order valence-corrected chi connectivity index (χ3v) is 3.62. The molecule has 0 amide bonds. The summed E-state index contributed by atoms with van der Waals surface area (Å²) in [4.78, 5) is 0. The van der Waals surface area contributed by atoms with Crippen molar-refractivity contribution in [1.29, 1.82) is 0 Å². The van der Waals surface area contributed by atoms with Crippen molar-refractivity contribution in [2.24, 2.45) is 0 Å². The highest BCUT2D eigenvalue weighted by Gasteiger charge is 2.14. The van der Waals surface area contributed by atoms with Crippen LogP contribution in [0.25, 0.3) is 16.6 Å². The maximum atomic E-state index is 9.81.